The fraction of sp³-hybridized carbons (Fsp3) is 0.133. The minimum atomic E-state index is -1.92. The topological polar surface area (TPSA) is 57.0 Å². The molecule has 1 atom stereocenters. The van der Waals surface area contributed by atoms with Gasteiger partial charge in [0.15, 0.2) is 0 Å². The van der Waals surface area contributed by atoms with E-state index >= 15 is 0 Å². The molecule has 1 heterocycles. The highest BCUT2D eigenvalue weighted by molar-refractivity contribution is 6.67. The molecule has 1 unspecified atom stereocenters. The molecule has 0 amide bonds. The number of hydrogen-bond acceptors (Lipinski definition) is 4. The second kappa shape index (κ2) is 6.35. The fourth-order valence-corrected chi connectivity index (χ4v) is 2.47. The van der Waals surface area contributed by atoms with Crippen molar-refractivity contribution in [2.45, 2.75) is 10.0 Å². The Labute approximate surface area is 146 Å². The van der Waals surface area contributed by atoms with Gasteiger partial charge in [-0.25, -0.2) is 9.48 Å². The molecule has 0 saturated heterocycles. The van der Waals surface area contributed by atoms with Gasteiger partial charge in [0.05, 0.1) is 11.1 Å². The zero-order valence-corrected chi connectivity index (χ0v) is 13.8. The van der Waals surface area contributed by atoms with Crippen molar-refractivity contribution in [2.75, 3.05) is 0 Å². The molecule has 23 heavy (non-hydrogen) atoms. The number of esters is 1. The second-order valence-corrected chi connectivity index (χ2v) is 7.06. The number of rotatable bonds is 3. The van der Waals surface area contributed by atoms with Crippen molar-refractivity contribution in [3.8, 4) is 0 Å². The summed E-state index contributed by atoms with van der Waals surface area (Å²) in [6.07, 6.45) is -1.26. The van der Waals surface area contributed by atoms with Crippen LogP contribution in [-0.4, -0.2) is 24.8 Å². The third-order valence-corrected chi connectivity index (χ3v) is 3.67. The van der Waals surface area contributed by atoms with E-state index in [1.54, 1.807) is 48.5 Å². The van der Waals surface area contributed by atoms with E-state index in [-0.39, 0.29) is 0 Å². The van der Waals surface area contributed by atoms with Crippen molar-refractivity contribution < 1.29 is 9.53 Å². The molecule has 118 valence electrons. The maximum atomic E-state index is 12.3. The van der Waals surface area contributed by atoms with E-state index in [1.807, 2.05) is 6.07 Å². The molecule has 0 radical (unpaired) electrons. The van der Waals surface area contributed by atoms with Gasteiger partial charge >= 0.3 is 5.97 Å². The first kappa shape index (κ1) is 16.1. The summed E-state index contributed by atoms with van der Waals surface area (Å²) in [7, 11) is 0. The van der Waals surface area contributed by atoms with Crippen LogP contribution in [0.1, 0.15) is 16.6 Å². The molecule has 2 aromatic carbocycles. The minimum Gasteiger partial charge on any atom is -0.431 e. The number of carbonyl (C=O) groups excluding carboxylic acids is 1. The van der Waals surface area contributed by atoms with Crippen LogP contribution in [0.3, 0.4) is 0 Å². The molecule has 0 spiro atoms. The minimum absolute atomic E-state index is 0.344. The Balaban J connectivity index is 1.98. The molecule has 0 aliphatic heterocycles. The Kier molecular flexibility index (Phi) is 4.43. The molecule has 8 heteroatoms. The molecule has 0 aliphatic rings. The lowest BCUT2D eigenvalue weighted by atomic mass is 10.2. The van der Waals surface area contributed by atoms with Gasteiger partial charge in [-0.1, -0.05) is 70.3 Å². The highest BCUT2D eigenvalue weighted by Crippen LogP contribution is 2.40. The number of alkyl halides is 3. The predicted molar refractivity (Wildman–Crippen MR) is 88.7 cm³/mol. The lowest BCUT2D eigenvalue weighted by Gasteiger charge is -2.24. The summed E-state index contributed by atoms with van der Waals surface area (Å²) < 4.78 is 4.74. The number of carbonyl (C=O) groups is 1. The molecule has 0 N–H and O–H groups in total. The van der Waals surface area contributed by atoms with Crippen molar-refractivity contribution >= 4 is 51.8 Å². The second-order valence-electron chi connectivity index (χ2n) is 4.69. The van der Waals surface area contributed by atoms with Gasteiger partial charge in [-0.2, -0.15) is 0 Å². The number of ether oxygens (including phenoxy) is 1. The van der Waals surface area contributed by atoms with Gasteiger partial charge in [0, 0.05) is 0 Å². The third kappa shape index (κ3) is 3.42. The average molecular weight is 371 g/mol. The maximum absolute atomic E-state index is 12.3. The van der Waals surface area contributed by atoms with Crippen molar-refractivity contribution in [3.05, 3.63) is 60.2 Å². The number of hydrogen-bond donors (Lipinski definition) is 0. The molecule has 0 fully saturated rings. The highest BCUT2D eigenvalue weighted by atomic mass is 35.6. The lowest BCUT2D eigenvalue weighted by Crippen LogP contribution is -2.29. The van der Waals surface area contributed by atoms with Crippen LogP contribution >= 0.6 is 34.8 Å². The van der Waals surface area contributed by atoms with Gasteiger partial charge in [0.2, 0.25) is 10.0 Å². The Morgan fingerprint density at radius 3 is 2.39 bits per heavy atom. The molecular weight excluding hydrogens is 361 g/mol. The quantitative estimate of drug-likeness (QED) is 0.513. The zero-order valence-electron chi connectivity index (χ0n) is 11.6. The van der Waals surface area contributed by atoms with Gasteiger partial charge in [0.1, 0.15) is 5.52 Å². The van der Waals surface area contributed by atoms with E-state index in [9.17, 15) is 4.79 Å². The van der Waals surface area contributed by atoms with Gasteiger partial charge in [-0.05, 0) is 24.3 Å². The van der Waals surface area contributed by atoms with Crippen LogP contribution < -0.4 is 0 Å². The van der Waals surface area contributed by atoms with Crippen LogP contribution in [0.2, 0.25) is 0 Å². The maximum Gasteiger partial charge on any atom is 0.340 e. The van der Waals surface area contributed by atoms with Gasteiger partial charge in [-0.15, -0.1) is 5.10 Å². The predicted octanol–water partition coefficient (Wildman–Crippen LogP) is 4.16. The largest absolute Gasteiger partial charge is 0.431 e. The molecule has 0 bridgehead atoms. The SMILES string of the molecule is O=C(OC(n1nnc2ccccc21)C(Cl)(Cl)Cl)c1ccccc1. The van der Waals surface area contributed by atoms with E-state index in [4.69, 9.17) is 39.5 Å². The Bertz CT molecular complexity index is 831. The van der Waals surface area contributed by atoms with Crippen LogP contribution in [0.25, 0.3) is 11.0 Å². The lowest BCUT2D eigenvalue weighted by molar-refractivity contribution is 0.00717. The van der Waals surface area contributed by atoms with Crippen LogP contribution in [0.4, 0.5) is 0 Å². The van der Waals surface area contributed by atoms with Crippen LogP contribution in [-0.2, 0) is 4.74 Å². The molecule has 3 rings (SSSR count). The van der Waals surface area contributed by atoms with Crippen LogP contribution in [0.15, 0.2) is 54.6 Å². The molecule has 1 aromatic heterocycles. The molecule has 0 saturated carbocycles. The first-order valence-electron chi connectivity index (χ1n) is 6.59. The standard InChI is InChI=1S/C15H10Cl3N3O2/c16-15(17,18)14(23-13(22)10-6-2-1-3-7-10)21-12-9-5-4-8-11(12)19-20-21/h1-9,14H. The summed E-state index contributed by atoms with van der Waals surface area (Å²) in [6.45, 7) is 0. The van der Waals surface area contributed by atoms with E-state index < -0.39 is 16.0 Å². The van der Waals surface area contributed by atoms with E-state index in [0.717, 1.165) is 0 Å². The highest BCUT2D eigenvalue weighted by Gasteiger charge is 2.39. The van der Waals surface area contributed by atoms with E-state index in [0.29, 0.717) is 16.6 Å². The first-order chi connectivity index (χ1) is 11.0. The monoisotopic (exact) mass is 369 g/mol. The van der Waals surface area contributed by atoms with Crippen molar-refractivity contribution in [2.24, 2.45) is 0 Å². The van der Waals surface area contributed by atoms with Crippen molar-refractivity contribution in [1.82, 2.24) is 15.0 Å². The fourth-order valence-electron chi connectivity index (χ4n) is 2.06. The number of benzene rings is 2. The van der Waals surface area contributed by atoms with Crippen LogP contribution in [0, 0.1) is 0 Å². The van der Waals surface area contributed by atoms with Crippen LogP contribution in [0.5, 0.6) is 0 Å². The summed E-state index contributed by atoms with van der Waals surface area (Å²) in [5.74, 6) is -0.624. The zero-order chi connectivity index (χ0) is 16.4. The average Bonchev–Trinajstić information content (AvgIpc) is 2.96. The number of halogens is 3. The van der Waals surface area contributed by atoms with Crippen molar-refractivity contribution in [3.63, 3.8) is 0 Å². The number of para-hydroxylation sites is 1. The van der Waals surface area contributed by atoms with E-state index in [1.165, 1.54) is 4.68 Å². The van der Waals surface area contributed by atoms with Gasteiger partial charge < -0.3 is 4.74 Å². The summed E-state index contributed by atoms with van der Waals surface area (Å²) in [5, 5.41) is 7.92. The summed E-state index contributed by atoms with van der Waals surface area (Å²) in [4.78, 5) is 12.3. The normalized spacial score (nSPS) is 13.0. The molecule has 5 nitrogen and oxygen atoms in total. The number of nitrogens with zero attached hydrogens (tertiary/aromatic N) is 3. The summed E-state index contributed by atoms with van der Waals surface area (Å²) in [5.41, 5.74) is 1.53. The van der Waals surface area contributed by atoms with Crippen molar-refractivity contribution in [1.29, 1.82) is 0 Å². The smallest absolute Gasteiger partial charge is 0.340 e. The number of aromatic nitrogens is 3. The van der Waals surface area contributed by atoms with Gasteiger partial charge in [0.25, 0.3) is 0 Å². The molecule has 0 aliphatic carbocycles. The first-order valence-corrected chi connectivity index (χ1v) is 7.73. The number of fused-ring (bicyclic) bond motifs is 1. The molecular formula is C15H10Cl3N3O2. The Hall–Kier alpha value is -1.82. The Morgan fingerprint density at radius 1 is 1.04 bits per heavy atom. The third-order valence-electron chi connectivity index (χ3n) is 3.11. The summed E-state index contributed by atoms with van der Waals surface area (Å²) >= 11 is 18.0. The Morgan fingerprint density at radius 2 is 1.70 bits per heavy atom. The van der Waals surface area contributed by atoms with E-state index in [2.05, 4.69) is 10.3 Å². The summed E-state index contributed by atoms with van der Waals surface area (Å²) in [6, 6.07) is 15.5. The van der Waals surface area contributed by atoms with Gasteiger partial charge in [-0.3, -0.25) is 0 Å². The molecule has 3 aromatic rings.